The third kappa shape index (κ3) is 2.29. The van der Waals surface area contributed by atoms with Crippen LogP contribution >= 0.6 is 11.3 Å². The molecule has 4 rings (SSSR count). The number of aryl methyl sites for hydroxylation is 3. The molecule has 1 aliphatic rings. The van der Waals surface area contributed by atoms with Crippen LogP contribution in [0.2, 0.25) is 0 Å². The second-order valence-electron chi connectivity index (χ2n) is 5.50. The maximum Gasteiger partial charge on any atom is 0.143 e. The van der Waals surface area contributed by atoms with E-state index in [1.165, 1.54) is 35.1 Å². The van der Waals surface area contributed by atoms with Gasteiger partial charge in [0, 0.05) is 10.6 Å². The van der Waals surface area contributed by atoms with Crippen molar-refractivity contribution in [1.29, 1.82) is 0 Å². The summed E-state index contributed by atoms with van der Waals surface area (Å²) in [6, 6.07) is 10.2. The summed E-state index contributed by atoms with van der Waals surface area (Å²) in [5.74, 6) is 1.79. The minimum atomic E-state index is 0.833. The first kappa shape index (κ1) is 12.8. The van der Waals surface area contributed by atoms with E-state index < -0.39 is 0 Å². The van der Waals surface area contributed by atoms with Crippen molar-refractivity contribution in [3.63, 3.8) is 0 Å². The number of thiophene rings is 1. The smallest absolute Gasteiger partial charge is 0.143 e. The Morgan fingerprint density at radius 1 is 1.05 bits per heavy atom. The van der Waals surface area contributed by atoms with E-state index in [1.54, 1.807) is 0 Å². The van der Waals surface area contributed by atoms with Crippen LogP contribution in [0, 0.1) is 6.92 Å². The Morgan fingerprint density at radius 3 is 2.71 bits per heavy atom. The SMILES string of the molecule is Cc1nc(Nc2ccccc2)c2c3c(sc2n1)CCCC3. The van der Waals surface area contributed by atoms with Crippen molar-refractivity contribution in [2.75, 3.05) is 5.32 Å². The first-order valence-corrected chi connectivity index (χ1v) is 8.24. The van der Waals surface area contributed by atoms with Gasteiger partial charge in [0.2, 0.25) is 0 Å². The van der Waals surface area contributed by atoms with Crippen LogP contribution < -0.4 is 5.32 Å². The van der Waals surface area contributed by atoms with Gasteiger partial charge in [0.25, 0.3) is 0 Å². The van der Waals surface area contributed by atoms with Crippen molar-refractivity contribution in [1.82, 2.24) is 9.97 Å². The summed E-state index contributed by atoms with van der Waals surface area (Å²) < 4.78 is 0. The fourth-order valence-corrected chi connectivity index (χ4v) is 4.32. The van der Waals surface area contributed by atoms with Crippen LogP contribution in [0.4, 0.5) is 11.5 Å². The average Bonchev–Trinajstić information content (AvgIpc) is 2.86. The quantitative estimate of drug-likeness (QED) is 0.749. The molecule has 0 bridgehead atoms. The minimum absolute atomic E-state index is 0.833. The molecule has 106 valence electrons. The van der Waals surface area contributed by atoms with Gasteiger partial charge in [-0.15, -0.1) is 11.3 Å². The summed E-state index contributed by atoms with van der Waals surface area (Å²) >= 11 is 1.85. The molecule has 21 heavy (non-hydrogen) atoms. The first-order valence-electron chi connectivity index (χ1n) is 7.42. The predicted octanol–water partition coefficient (Wildman–Crippen LogP) is 4.62. The lowest BCUT2D eigenvalue weighted by atomic mass is 9.97. The zero-order valence-corrected chi connectivity index (χ0v) is 12.8. The normalized spacial score (nSPS) is 14.1. The van der Waals surface area contributed by atoms with E-state index in [-0.39, 0.29) is 0 Å². The van der Waals surface area contributed by atoms with E-state index >= 15 is 0 Å². The van der Waals surface area contributed by atoms with E-state index in [0.717, 1.165) is 28.6 Å². The van der Waals surface area contributed by atoms with Gasteiger partial charge in [0.15, 0.2) is 0 Å². The average molecular weight is 295 g/mol. The number of fused-ring (bicyclic) bond motifs is 3. The molecule has 2 heterocycles. The van der Waals surface area contributed by atoms with Crippen molar-refractivity contribution in [2.45, 2.75) is 32.6 Å². The molecule has 0 fully saturated rings. The summed E-state index contributed by atoms with van der Waals surface area (Å²) in [7, 11) is 0. The molecular weight excluding hydrogens is 278 g/mol. The molecule has 3 nitrogen and oxygen atoms in total. The van der Waals surface area contributed by atoms with Gasteiger partial charge >= 0.3 is 0 Å². The van der Waals surface area contributed by atoms with Gasteiger partial charge in [-0.1, -0.05) is 18.2 Å². The Labute approximate surface area is 128 Å². The second kappa shape index (κ2) is 5.11. The number of rotatable bonds is 2. The molecule has 1 aromatic carbocycles. The summed E-state index contributed by atoms with van der Waals surface area (Å²) in [5.41, 5.74) is 2.55. The van der Waals surface area contributed by atoms with Crippen molar-refractivity contribution in [3.05, 3.63) is 46.6 Å². The molecule has 1 N–H and O–H groups in total. The molecule has 0 unspecified atom stereocenters. The number of hydrogen-bond donors (Lipinski definition) is 1. The molecule has 0 saturated heterocycles. The van der Waals surface area contributed by atoms with Gasteiger partial charge in [-0.2, -0.15) is 0 Å². The van der Waals surface area contributed by atoms with E-state index in [0.29, 0.717) is 0 Å². The fourth-order valence-electron chi connectivity index (χ4n) is 3.01. The predicted molar refractivity (Wildman–Crippen MR) is 88.5 cm³/mol. The molecule has 0 radical (unpaired) electrons. The number of nitrogens with zero attached hydrogens (tertiary/aromatic N) is 2. The zero-order valence-electron chi connectivity index (χ0n) is 12.0. The van der Waals surface area contributed by atoms with E-state index in [1.807, 2.05) is 36.5 Å². The highest BCUT2D eigenvalue weighted by Gasteiger charge is 2.20. The van der Waals surface area contributed by atoms with Gasteiger partial charge < -0.3 is 5.32 Å². The van der Waals surface area contributed by atoms with E-state index in [2.05, 4.69) is 27.4 Å². The Bertz CT molecular complexity index is 793. The maximum atomic E-state index is 4.66. The van der Waals surface area contributed by atoms with Crippen LogP contribution in [-0.2, 0) is 12.8 Å². The molecule has 0 atom stereocenters. The maximum absolute atomic E-state index is 4.66. The third-order valence-electron chi connectivity index (χ3n) is 3.96. The van der Waals surface area contributed by atoms with Crippen molar-refractivity contribution in [3.8, 4) is 0 Å². The summed E-state index contributed by atoms with van der Waals surface area (Å²) in [6.45, 7) is 1.97. The van der Waals surface area contributed by atoms with Crippen LogP contribution in [0.25, 0.3) is 10.2 Å². The van der Waals surface area contributed by atoms with E-state index in [4.69, 9.17) is 0 Å². The molecular formula is C17H17N3S. The minimum Gasteiger partial charge on any atom is -0.340 e. The monoisotopic (exact) mass is 295 g/mol. The first-order chi connectivity index (χ1) is 10.3. The molecule has 0 amide bonds. The van der Waals surface area contributed by atoms with Gasteiger partial charge in [-0.05, 0) is 50.3 Å². The Hall–Kier alpha value is -1.94. The highest BCUT2D eigenvalue weighted by molar-refractivity contribution is 7.19. The molecule has 0 saturated carbocycles. The lowest BCUT2D eigenvalue weighted by molar-refractivity contribution is 0.700. The standard InChI is InChI=1S/C17H17N3S/c1-11-18-16(20-12-7-3-2-4-8-12)15-13-9-5-6-10-14(13)21-17(15)19-11/h2-4,7-8H,5-6,9-10H2,1H3,(H,18,19,20). The van der Waals surface area contributed by atoms with Crippen LogP contribution in [0.1, 0.15) is 29.1 Å². The highest BCUT2D eigenvalue weighted by Crippen LogP contribution is 2.39. The van der Waals surface area contributed by atoms with Gasteiger partial charge in [-0.25, -0.2) is 9.97 Å². The Morgan fingerprint density at radius 2 is 1.86 bits per heavy atom. The zero-order chi connectivity index (χ0) is 14.2. The molecule has 0 aliphatic heterocycles. The van der Waals surface area contributed by atoms with Crippen LogP contribution in [0.5, 0.6) is 0 Å². The van der Waals surface area contributed by atoms with Crippen molar-refractivity contribution in [2.24, 2.45) is 0 Å². The van der Waals surface area contributed by atoms with Gasteiger partial charge in [0.05, 0.1) is 5.39 Å². The van der Waals surface area contributed by atoms with Crippen molar-refractivity contribution >= 4 is 33.1 Å². The van der Waals surface area contributed by atoms with Crippen LogP contribution in [0.15, 0.2) is 30.3 Å². The lowest BCUT2D eigenvalue weighted by Crippen LogP contribution is -2.02. The summed E-state index contributed by atoms with van der Waals surface area (Å²) in [5, 5.41) is 4.72. The number of nitrogens with one attached hydrogen (secondary N) is 1. The number of para-hydroxylation sites is 1. The molecule has 0 spiro atoms. The topological polar surface area (TPSA) is 37.8 Å². The third-order valence-corrected chi connectivity index (χ3v) is 5.15. The van der Waals surface area contributed by atoms with Crippen LogP contribution in [-0.4, -0.2) is 9.97 Å². The molecule has 1 aliphatic carbocycles. The summed E-state index contributed by atoms with van der Waals surface area (Å²) in [4.78, 5) is 12.0. The number of hydrogen-bond acceptors (Lipinski definition) is 4. The molecule has 2 aromatic heterocycles. The fraction of sp³-hybridized carbons (Fsp3) is 0.294. The van der Waals surface area contributed by atoms with Gasteiger partial charge in [0.1, 0.15) is 16.5 Å². The molecule has 3 aromatic rings. The lowest BCUT2D eigenvalue weighted by Gasteiger charge is -2.13. The largest absolute Gasteiger partial charge is 0.340 e. The van der Waals surface area contributed by atoms with E-state index in [9.17, 15) is 0 Å². The van der Waals surface area contributed by atoms with Crippen molar-refractivity contribution < 1.29 is 0 Å². The number of aromatic nitrogens is 2. The number of anilines is 2. The van der Waals surface area contributed by atoms with Crippen LogP contribution in [0.3, 0.4) is 0 Å². The number of benzene rings is 1. The van der Waals surface area contributed by atoms with Gasteiger partial charge in [-0.3, -0.25) is 0 Å². The second-order valence-corrected chi connectivity index (χ2v) is 6.59. The highest BCUT2D eigenvalue weighted by atomic mass is 32.1. The Kier molecular flexibility index (Phi) is 3.11. The summed E-state index contributed by atoms with van der Waals surface area (Å²) in [6.07, 6.45) is 4.93. The Balaban J connectivity index is 1.89. The molecule has 4 heteroatoms.